The lowest BCUT2D eigenvalue weighted by molar-refractivity contribution is -0.0511. The molecule has 1 aliphatic rings. The van der Waals surface area contributed by atoms with Crippen LogP contribution in [0.4, 0.5) is 11.8 Å². The van der Waals surface area contributed by atoms with E-state index in [2.05, 4.69) is 25.2 Å². The maximum Gasteiger partial charge on any atom is 0.272 e. The molecule has 1 fully saturated rings. The Labute approximate surface area is 181 Å². The van der Waals surface area contributed by atoms with Gasteiger partial charge < -0.3 is 25.8 Å². The first kappa shape index (κ1) is 20.4. The summed E-state index contributed by atoms with van der Waals surface area (Å²) < 4.78 is 6.99. The fraction of sp³-hybridized carbons (Fsp3) is 0.286. The summed E-state index contributed by atoms with van der Waals surface area (Å²) in [5.41, 5.74) is 7.56. The van der Waals surface area contributed by atoms with Gasteiger partial charge in [-0.05, 0) is 22.4 Å². The molecule has 1 aliphatic heterocycles. The Hall–Kier alpha value is -3.51. The van der Waals surface area contributed by atoms with Crippen LogP contribution in [-0.2, 0) is 11.3 Å². The zero-order chi connectivity index (χ0) is 22.2. The molecule has 4 aromatic rings. The van der Waals surface area contributed by atoms with Gasteiger partial charge in [0.2, 0.25) is 0 Å². The number of aromatic nitrogens is 4. The molecule has 11 heteroatoms. The molecule has 11 nitrogen and oxygen atoms in total. The smallest absolute Gasteiger partial charge is 0.272 e. The summed E-state index contributed by atoms with van der Waals surface area (Å²) in [5.74, 6) is 0.129. The zero-order valence-electron chi connectivity index (χ0n) is 16.9. The first-order chi connectivity index (χ1) is 15.5. The highest BCUT2D eigenvalue weighted by Crippen LogP contribution is 2.32. The van der Waals surface area contributed by atoms with Gasteiger partial charge in [0.25, 0.3) is 5.95 Å². The number of aliphatic hydroxyl groups is 3. The molecule has 2 unspecified atom stereocenters. The molecule has 2 aromatic carbocycles. The van der Waals surface area contributed by atoms with Gasteiger partial charge in [-0.1, -0.05) is 36.4 Å². The second kappa shape index (κ2) is 8.20. The number of nitrogens with two attached hydrogens (primary N) is 1. The van der Waals surface area contributed by atoms with Gasteiger partial charge in [-0.3, -0.25) is 4.57 Å². The monoisotopic (exact) mass is 435 g/mol. The molecule has 32 heavy (non-hydrogen) atoms. The molecule has 0 radical (unpaired) electrons. The van der Waals surface area contributed by atoms with Gasteiger partial charge in [0, 0.05) is 0 Å². The van der Waals surface area contributed by atoms with Gasteiger partial charge in [0.1, 0.15) is 23.8 Å². The molecule has 5 rings (SSSR count). The van der Waals surface area contributed by atoms with Crippen LogP contribution in [0, 0.1) is 0 Å². The van der Waals surface area contributed by atoms with Gasteiger partial charge >= 0.3 is 0 Å². The highest BCUT2D eigenvalue weighted by atomic mass is 16.6. The average Bonchev–Trinajstić information content (AvgIpc) is 3.35. The van der Waals surface area contributed by atoms with Gasteiger partial charge in [-0.25, -0.2) is 4.98 Å². The second-order valence-electron chi connectivity index (χ2n) is 7.54. The molecule has 0 amide bonds. The largest absolute Gasteiger partial charge is 0.394 e. The first-order valence-corrected chi connectivity index (χ1v) is 10.0. The number of nitrogens with zero attached hydrogens (tertiary/aromatic N) is 6. The minimum absolute atomic E-state index is 0.0317. The van der Waals surface area contributed by atoms with Crippen LogP contribution in [-0.4, -0.2) is 59.8 Å². The van der Waals surface area contributed by atoms with Crippen molar-refractivity contribution in [3.8, 4) is 0 Å². The van der Waals surface area contributed by atoms with E-state index in [1.54, 1.807) is 0 Å². The Morgan fingerprint density at radius 3 is 2.66 bits per heavy atom. The van der Waals surface area contributed by atoms with E-state index in [1.807, 2.05) is 42.5 Å². The third kappa shape index (κ3) is 3.56. The molecule has 0 saturated carbocycles. The van der Waals surface area contributed by atoms with Crippen LogP contribution in [0.5, 0.6) is 0 Å². The first-order valence-electron chi connectivity index (χ1n) is 10.0. The maximum atomic E-state index is 10.3. The van der Waals surface area contributed by atoms with Gasteiger partial charge in [0.15, 0.2) is 17.7 Å². The average molecular weight is 435 g/mol. The summed E-state index contributed by atoms with van der Waals surface area (Å²) in [6, 6.07) is 14.1. The number of hydrogen-bond donors (Lipinski definition) is 4. The van der Waals surface area contributed by atoms with Gasteiger partial charge in [0.05, 0.1) is 19.5 Å². The van der Waals surface area contributed by atoms with Crippen LogP contribution in [0.15, 0.2) is 59.0 Å². The van der Waals surface area contributed by atoms with Crippen molar-refractivity contribution in [1.29, 1.82) is 0 Å². The Balaban J connectivity index is 1.41. The number of ether oxygens (including phenoxy) is 1. The zero-order valence-corrected chi connectivity index (χ0v) is 16.9. The summed E-state index contributed by atoms with van der Waals surface area (Å²) >= 11 is 0. The van der Waals surface area contributed by atoms with E-state index < -0.39 is 31.1 Å². The minimum atomic E-state index is -1.28. The summed E-state index contributed by atoms with van der Waals surface area (Å²) in [6.07, 6.45) is -3.07. The number of benzene rings is 2. The van der Waals surface area contributed by atoms with E-state index in [-0.39, 0.29) is 17.4 Å². The number of azo groups is 1. The van der Waals surface area contributed by atoms with E-state index in [0.29, 0.717) is 12.1 Å². The van der Waals surface area contributed by atoms with E-state index in [4.69, 9.17) is 10.5 Å². The molecule has 0 spiro atoms. The van der Waals surface area contributed by atoms with Gasteiger partial charge in [-0.15, -0.1) is 5.11 Å². The van der Waals surface area contributed by atoms with Crippen LogP contribution in [0.3, 0.4) is 0 Å². The Kier molecular flexibility index (Phi) is 5.23. The molecule has 0 bridgehead atoms. The van der Waals surface area contributed by atoms with Crippen LogP contribution in [0.2, 0.25) is 0 Å². The van der Waals surface area contributed by atoms with Crippen LogP contribution in [0.1, 0.15) is 11.8 Å². The van der Waals surface area contributed by atoms with E-state index in [9.17, 15) is 15.3 Å². The number of imidazole rings is 1. The number of nitrogen functional groups attached to an aromatic ring is 1. The van der Waals surface area contributed by atoms with Crippen molar-refractivity contribution in [3.05, 3.63) is 54.4 Å². The summed E-state index contributed by atoms with van der Waals surface area (Å²) in [5, 5.41) is 40.2. The summed E-state index contributed by atoms with van der Waals surface area (Å²) in [6.45, 7) is -0.104. The molecule has 3 heterocycles. The molecule has 164 valence electrons. The Bertz CT molecular complexity index is 1310. The number of rotatable bonds is 5. The highest BCUT2D eigenvalue weighted by Gasteiger charge is 2.44. The van der Waals surface area contributed by atoms with E-state index in [1.165, 1.54) is 10.9 Å². The maximum absolute atomic E-state index is 10.3. The predicted octanol–water partition coefficient (Wildman–Crippen LogP) is 1.46. The third-order valence-corrected chi connectivity index (χ3v) is 5.46. The van der Waals surface area contributed by atoms with Crippen molar-refractivity contribution < 1.29 is 20.1 Å². The lowest BCUT2D eigenvalue weighted by Gasteiger charge is -2.16. The fourth-order valence-electron chi connectivity index (χ4n) is 3.78. The van der Waals surface area contributed by atoms with Gasteiger partial charge in [-0.2, -0.15) is 15.1 Å². The quantitative estimate of drug-likeness (QED) is 0.342. The van der Waals surface area contributed by atoms with Crippen molar-refractivity contribution in [2.75, 3.05) is 12.3 Å². The third-order valence-electron chi connectivity index (χ3n) is 5.46. The second-order valence-corrected chi connectivity index (χ2v) is 7.54. The molecule has 1 saturated heterocycles. The van der Waals surface area contributed by atoms with Crippen molar-refractivity contribution in [1.82, 2.24) is 19.5 Å². The molecule has 5 N–H and O–H groups in total. The lowest BCUT2D eigenvalue weighted by Crippen LogP contribution is -2.33. The van der Waals surface area contributed by atoms with Crippen LogP contribution < -0.4 is 5.73 Å². The molecular weight excluding hydrogens is 414 g/mol. The summed E-state index contributed by atoms with van der Waals surface area (Å²) in [4.78, 5) is 12.6. The molecular formula is C21H21N7O4. The van der Waals surface area contributed by atoms with Crippen molar-refractivity contribution in [2.24, 2.45) is 10.2 Å². The number of hydrogen-bond acceptors (Lipinski definition) is 10. The molecule has 2 aromatic heterocycles. The molecule has 0 aliphatic carbocycles. The predicted molar refractivity (Wildman–Crippen MR) is 115 cm³/mol. The van der Waals surface area contributed by atoms with Crippen molar-refractivity contribution in [2.45, 2.75) is 31.1 Å². The number of fused-ring (bicyclic) bond motifs is 2. The van der Waals surface area contributed by atoms with E-state index >= 15 is 0 Å². The lowest BCUT2D eigenvalue weighted by atomic mass is 10.1. The van der Waals surface area contributed by atoms with Crippen molar-refractivity contribution >= 4 is 33.7 Å². The van der Waals surface area contributed by atoms with E-state index in [0.717, 1.165) is 16.3 Å². The fourth-order valence-corrected chi connectivity index (χ4v) is 3.78. The Morgan fingerprint density at radius 2 is 1.88 bits per heavy atom. The SMILES string of the molecule is Nc1nc(N=NCc2ccc3ccccc3c2)nc2c1ncn2[C@@H]1O[C@H](CO)C(O)C1O. The van der Waals surface area contributed by atoms with Crippen molar-refractivity contribution in [3.63, 3.8) is 0 Å². The van der Waals surface area contributed by atoms with Crippen LogP contribution in [0.25, 0.3) is 21.9 Å². The standard InChI is InChI=1S/C21H21N7O4/c22-18-15-19(28(10-23-15)20-17(31)16(30)14(9-29)32-20)26-21(25-18)27-24-8-11-5-6-12-3-1-2-4-13(12)7-11/h1-7,10,14,16-17,20,29-31H,8-9H2,(H2,22,25,26)/t14-,16?,17?,20-/m1/s1. The normalized spacial score (nSPS) is 23.6. The highest BCUT2D eigenvalue weighted by molar-refractivity contribution is 5.83. The Morgan fingerprint density at radius 1 is 1.06 bits per heavy atom. The topological polar surface area (TPSA) is 164 Å². The molecule has 4 atom stereocenters. The number of anilines is 1. The summed E-state index contributed by atoms with van der Waals surface area (Å²) in [7, 11) is 0. The minimum Gasteiger partial charge on any atom is -0.394 e. The number of aliphatic hydroxyl groups excluding tert-OH is 3. The van der Waals surface area contributed by atoms with Crippen LogP contribution >= 0.6 is 0 Å².